The molecule has 8 heteroatoms. The van der Waals surface area contributed by atoms with Gasteiger partial charge in [-0.25, -0.2) is 10.1 Å². The average molecular weight is 245 g/mol. The molecule has 15 heavy (non-hydrogen) atoms. The lowest BCUT2D eigenvalue weighted by atomic mass is 10.7. The number of anilines is 1. The molecule has 0 unspecified atom stereocenters. The number of rotatable bonds is 3. The molecule has 0 aliphatic heterocycles. The van der Waals surface area contributed by atoms with Gasteiger partial charge in [0.25, 0.3) is 0 Å². The molecule has 0 spiro atoms. The zero-order valence-corrected chi connectivity index (χ0v) is 9.51. The lowest BCUT2D eigenvalue weighted by Crippen LogP contribution is -1.96. The first kappa shape index (κ1) is 10.3. The largest absolute Gasteiger partial charge is 0.368 e. The van der Waals surface area contributed by atoms with E-state index in [0.717, 1.165) is 5.82 Å². The molecule has 0 aliphatic rings. The van der Waals surface area contributed by atoms with Crippen molar-refractivity contribution in [1.29, 1.82) is 0 Å². The highest BCUT2D eigenvalue weighted by molar-refractivity contribution is 7.98. The summed E-state index contributed by atoms with van der Waals surface area (Å²) in [5, 5.41) is 7.68. The molecule has 2 heterocycles. The molecule has 2 aromatic heterocycles. The molecule has 2 rings (SSSR count). The van der Waals surface area contributed by atoms with Crippen LogP contribution in [0.15, 0.2) is 11.4 Å². The highest BCUT2D eigenvalue weighted by Gasteiger charge is 2.07. The highest BCUT2D eigenvalue weighted by Crippen LogP contribution is 2.20. The standard InChI is InChI=1S/C7H9ClN6S/c1-14-4(8)2-10-5(14)3-15-7-11-6(9)12-13-7/h2H,3H2,1H3,(H3,9,11,12,13). The van der Waals surface area contributed by atoms with Crippen LogP contribution < -0.4 is 5.73 Å². The van der Waals surface area contributed by atoms with Gasteiger partial charge in [0.2, 0.25) is 11.1 Å². The third-order valence-electron chi connectivity index (χ3n) is 1.84. The van der Waals surface area contributed by atoms with Crippen LogP contribution in [0.4, 0.5) is 5.95 Å². The summed E-state index contributed by atoms with van der Waals surface area (Å²) in [7, 11) is 1.86. The van der Waals surface area contributed by atoms with Gasteiger partial charge in [-0.05, 0) is 0 Å². The Kier molecular flexibility index (Phi) is 2.83. The number of aromatic amines is 1. The normalized spacial score (nSPS) is 10.8. The summed E-state index contributed by atoms with van der Waals surface area (Å²) in [6, 6.07) is 0. The Morgan fingerprint density at radius 3 is 3.00 bits per heavy atom. The van der Waals surface area contributed by atoms with Gasteiger partial charge in [0.05, 0.1) is 11.9 Å². The van der Waals surface area contributed by atoms with Gasteiger partial charge in [0.1, 0.15) is 11.0 Å². The van der Waals surface area contributed by atoms with E-state index in [4.69, 9.17) is 17.3 Å². The second kappa shape index (κ2) is 4.11. The Morgan fingerprint density at radius 1 is 1.67 bits per heavy atom. The lowest BCUT2D eigenvalue weighted by Gasteiger charge is -1.99. The van der Waals surface area contributed by atoms with E-state index in [2.05, 4.69) is 20.2 Å². The Hall–Kier alpha value is -1.21. The number of nitrogens with two attached hydrogens (primary N) is 1. The SMILES string of the molecule is Cn1c(Cl)cnc1CSc1n[nH]c(N)n1. The fraction of sp³-hybridized carbons (Fsp3) is 0.286. The van der Waals surface area contributed by atoms with Crippen LogP contribution in [0.3, 0.4) is 0 Å². The van der Waals surface area contributed by atoms with Crippen molar-refractivity contribution < 1.29 is 0 Å². The van der Waals surface area contributed by atoms with Crippen molar-refractivity contribution in [2.24, 2.45) is 7.05 Å². The fourth-order valence-corrected chi connectivity index (χ4v) is 1.96. The summed E-state index contributed by atoms with van der Waals surface area (Å²) in [6.45, 7) is 0. The molecular weight excluding hydrogens is 236 g/mol. The molecule has 0 saturated carbocycles. The molecule has 0 bridgehead atoms. The Bertz CT molecular complexity index is 464. The summed E-state index contributed by atoms with van der Waals surface area (Å²) in [6.07, 6.45) is 1.61. The number of aromatic nitrogens is 5. The average Bonchev–Trinajstić information content (AvgIpc) is 2.74. The molecule has 6 nitrogen and oxygen atoms in total. The number of imidazole rings is 1. The number of hydrogen-bond donors (Lipinski definition) is 2. The topological polar surface area (TPSA) is 85.4 Å². The first-order valence-electron chi connectivity index (χ1n) is 4.13. The number of nitrogen functional groups attached to an aromatic ring is 1. The number of hydrogen-bond acceptors (Lipinski definition) is 5. The molecule has 2 aromatic rings. The van der Waals surface area contributed by atoms with Crippen LogP contribution in [-0.4, -0.2) is 24.7 Å². The maximum absolute atomic E-state index is 5.85. The van der Waals surface area contributed by atoms with E-state index in [9.17, 15) is 0 Å². The molecule has 3 N–H and O–H groups in total. The summed E-state index contributed by atoms with van der Waals surface area (Å²) in [4.78, 5) is 8.12. The minimum atomic E-state index is 0.315. The predicted octanol–water partition coefficient (Wildman–Crippen LogP) is 1.07. The van der Waals surface area contributed by atoms with Crippen LogP contribution in [0.2, 0.25) is 5.15 Å². The summed E-state index contributed by atoms with van der Waals surface area (Å²) in [5.41, 5.74) is 5.40. The quantitative estimate of drug-likeness (QED) is 0.789. The van der Waals surface area contributed by atoms with Crippen LogP contribution in [0, 0.1) is 0 Å². The molecule has 80 valence electrons. The molecule has 0 saturated heterocycles. The van der Waals surface area contributed by atoms with Crippen molar-refractivity contribution in [3.63, 3.8) is 0 Å². The molecule has 0 radical (unpaired) electrons. The van der Waals surface area contributed by atoms with Gasteiger partial charge < -0.3 is 10.3 Å². The summed E-state index contributed by atoms with van der Waals surface area (Å²) < 4.78 is 1.81. The van der Waals surface area contributed by atoms with Crippen molar-refractivity contribution in [3.05, 3.63) is 17.2 Å². The van der Waals surface area contributed by atoms with E-state index in [1.807, 2.05) is 11.6 Å². The van der Waals surface area contributed by atoms with Crippen LogP contribution >= 0.6 is 23.4 Å². The Labute approximate surface area is 95.2 Å². The van der Waals surface area contributed by atoms with Gasteiger partial charge in [-0.1, -0.05) is 23.4 Å². The van der Waals surface area contributed by atoms with Crippen LogP contribution in [0.1, 0.15) is 5.82 Å². The predicted molar refractivity (Wildman–Crippen MR) is 58.6 cm³/mol. The van der Waals surface area contributed by atoms with E-state index in [1.165, 1.54) is 11.8 Å². The number of halogens is 1. The van der Waals surface area contributed by atoms with Crippen molar-refractivity contribution in [3.8, 4) is 0 Å². The first-order valence-corrected chi connectivity index (χ1v) is 5.50. The first-order chi connectivity index (χ1) is 7.16. The summed E-state index contributed by atoms with van der Waals surface area (Å²) in [5.74, 6) is 1.84. The number of thioether (sulfide) groups is 1. The maximum atomic E-state index is 5.85. The van der Waals surface area contributed by atoms with E-state index >= 15 is 0 Å². The second-order valence-electron chi connectivity index (χ2n) is 2.85. The minimum Gasteiger partial charge on any atom is -0.368 e. The molecule has 0 aliphatic carbocycles. The molecular formula is C7H9ClN6S. The minimum absolute atomic E-state index is 0.315. The van der Waals surface area contributed by atoms with Gasteiger partial charge in [0, 0.05) is 7.05 Å². The molecule has 0 aromatic carbocycles. The lowest BCUT2D eigenvalue weighted by molar-refractivity contribution is 0.848. The van der Waals surface area contributed by atoms with Crippen LogP contribution in [0.5, 0.6) is 0 Å². The fourth-order valence-electron chi connectivity index (χ4n) is 1.01. The number of nitrogens with zero attached hydrogens (tertiary/aromatic N) is 4. The smallest absolute Gasteiger partial charge is 0.216 e. The molecule has 0 amide bonds. The van der Waals surface area contributed by atoms with Crippen LogP contribution in [0.25, 0.3) is 0 Å². The van der Waals surface area contributed by atoms with Gasteiger partial charge in [-0.3, -0.25) is 0 Å². The zero-order chi connectivity index (χ0) is 10.8. The van der Waals surface area contributed by atoms with Crippen molar-refractivity contribution in [2.45, 2.75) is 10.9 Å². The van der Waals surface area contributed by atoms with E-state index in [-0.39, 0.29) is 0 Å². The number of H-pyrrole nitrogens is 1. The van der Waals surface area contributed by atoms with E-state index < -0.39 is 0 Å². The van der Waals surface area contributed by atoms with Crippen LogP contribution in [-0.2, 0) is 12.8 Å². The van der Waals surface area contributed by atoms with E-state index in [0.29, 0.717) is 22.0 Å². The summed E-state index contributed by atoms with van der Waals surface area (Å²) >= 11 is 7.30. The van der Waals surface area contributed by atoms with Gasteiger partial charge in [-0.2, -0.15) is 4.98 Å². The Balaban J connectivity index is 2.02. The van der Waals surface area contributed by atoms with Crippen molar-refractivity contribution in [2.75, 3.05) is 5.73 Å². The third-order valence-corrected chi connectivity index (χ3v) is 3.03. The molecule has 0 atom stereocenters. The van der Waals surface area contributed by atoms with E-state index in [1.54, 1.807) is 6.20 Å². The third kappa shape index (κ3) is 2.24. The Morgan fingerprint density at radius 2 is 2.47 bits per heavy atom. The highest BCUT2D eigenvalue weighted by atomic mass is 35.5. The van der Waals surface area contributed by atoms with Gasteiger partial charge in [-0.15, -0.1) is 5.10 Å². The maximum Gasteiger partial charge on any atom is 0.216 e. The monoisotopic (exact) mass is 244 g/mol. The number of nitrogens with one attached hydrogen (secondary N) is 1. The van der Waals surface area contributed by atoms with Gasteiger partial charge >= 0.3 is 0 Å². The van der Waals surface area contributed by atoms with Gasteiger partial charge in [0.15, 0.2) is 0 Å². The second-order valence-corrected chi connectivity index (χ2v) is 4.18. The van der Waals surface area contributed by atoms with Crippen molar-refractivity contribution >= 4 is 29.3 Å². The van der Waals surface area contributed by atoms with Crippen molar-refractivity contribution in [1.82, 2.24) is 24.7 Å². The zero-order valence-electron chi connectivity index (χ0n) is 7.94. The molecule has 0 fully saturated rings.